The van der Waals surface area contributed by atoms with Crippen LogP contribution in [0.2, 0.25) is 5.02 Å². The average Bonchev–Trinajstić information content (AvgIpc) is 2.49. The summed E-state index contributed by atoms with van der Waals surface area (Å²) in [6.07, 6.45) is 0. The molecular formula is C17H25ClN2O3. The van der Waals surface area contributed by atoms with E-state index in [1.807, 2.05) is 13.8 Å². The summed E-state index contributed by atoms with van der Waals surface area (Å²) in [6.45, 7) is 9.25. The fraction of sp³-hybridized carbons (Fsp3) is 0.588. The second-order valence-electron chi connectivity index (χ2n) is 6.48. The Balaban J connectivity index is 1.93. The van der Waals surface area contributed by atoms with Gasteiger partial charge in [0.1, 0.15) is 0 Å². The molecular weight excluding hydrogens is 316 g/mol. The Morgan fingerprint density at radius 3 is 2.61 bits per heavy atom. The molecule has 1 aliphatic rings. The second-order valence-corrected chi connectivity index (χ2v) is 6.89. The van der Waals surface area contributed by atoms with Gasteiger partial charge in [0.15, 0.2) is 0 Å². The minimum atomic E-state index is -1.00. The van der Waals surface area contributed by atoms with Gasteiger partial charge in [0.25, 0.3) is 5.91 Å². The summed E-state index contributed by atoms with van der Waals surface area (Å²) in [7, 11) is 0. The standard InChI is InChI=1S/C17H25ClN2O3/c1-12-8-14(15(18)9-13(12)2)16(21)19-10-17(3,22)11-20-4-6-23-7-5-20/h8-9,22H,4-7,10-11H2,1-3H3,(H,19,21). The number of aryl methyl sites for hydroxylation is 2. The van der Waals surface area contributed by atoms with E-state index in [9.17, 15) is 9.90 Å². The van der Waals surface area contributed by atoms with Crippen LogP contribution in [0.5, 0.6) is 0 Å². The minimum absolute atomic E-state index is 0.173. The lowest BCUT2D eigenvalue weighted by Gasteiger charge is -2.33. The van der Waals surface area contributed by atoms with Crippen LogP contribution in [0, 0.1) is 13.8 Å². The quantitative estimate of drug-likeness (QED) is 0.857. The predicted octanol–water partition coefficient (Wildman–Crippen LogP) is 1.77. The maximum absolute atomic E-state index is 12.3. The molecule has 1 heterocycles. The van der Waals surface area contributed by atoms with Gasteiger partial charge in [-0.3, -0.25) is 9.69 Å². The third kappa shape index (κ3) is 5.18. The van der Waals surface area contributed by atoms with Crippen LogP contribution in [0.1, 0.15) is 28.4 Å². The lowest BCUT2D eigenvalue weighted by atomic mass is 10.0. The van der Waals surface area contributed by atoms with Gasteiger partial charge in [0.2, 0.25) is 0 Å². The number of amides is 1. The van der Waals surface area contributed by atoms with Crippen molar-refractivity contribution >= 4 is 17.5 Å². The van der Waals surface area contributed by atoms with Gasteiger partial charge in [-0.25, -0.2) is 0 Å². The van der Waals surface area contributed by atoms with Crippen molar-refractivity contribution in [3.63, 3.8) is 0 Å². The number of morpholine rings is 1. The molecule has 2 rings (SSSR count). The van der Waals surface area contributed by atoms with Crippen LogP contribution in [-0.2, 0) is 4.74 Å². The Bertz CT molecular complexity index is 569. The minimum Gasteiger partial charge on any atom is -0.387 e. The summed E-state index contributed by atoms with van der Waals surface area (Å²) in [6, 6.07) is 3.57. The highest BCUT2D eigenvalue weighted by Crippen LogP contribution is 2.21. The zero-order chi connectivity index (χ0) is 17.0. The molecule has 0 saturated carbocycles. The number of nitrogens with one attached hydrogen (secondary N) is 1. The zero-order valence-electron chi connectivity index (χ0n) is 14.0. The Morgan fingerprint density at radius 1 is 1.35 bits per heavy atom. The number of nitrogens with zero attached hydrogens (tertiary/aromatic N) is 1. The highest BCUT2D eigenvalue weighted by molar-refractivity contribution is 6.34. The number of halogens is 1. The number of hydrogen-bond donors (Lipinski definition) is 2. The lowest BCUT2D eigenvalue weighted by Crippen LogP contribution is -2.51. The maximum Gasteiger partial charge on any atom is 0.252 e. The SMILES string of the molecule is Cc1cc(Cl)c(C(=O)NCC(C)(O)CN2CCOCC2)cc1C. The molecule has 0 spiro atoms. The predicted molar refractivity (Wildman–Crippen MR) is 91.1 cm³/mol. The molecule has 0 aliphatic carbocycles. The van der Waals surface area contributed by atoms with Gasteiger partial charge < -0.3 is 15.2 Å². The van der Waals surface area contributed by atoms with E-state index in [1.165, 1.54) is 0 Å². The lowest BCUT2D eigenvalue weighted by molar-refractivity contribution is -0.0213. The molecule has 5 nitrogen and oxygen atoms in total. The number of rotatable bonds is 5. The van der Waals surface area contributed by atoms with Crippen molar-refractivity contribution in [1.82, 2.24) is 10.2 Å². The van der Waals surface area contributed by atoms with Gasteiger partial charge in [-0.2, -0.15) is 0 Å². The van der Waals surface area contributed by atoms with Crippen LogP contribution < -0.4 is 5.32 Å². The highest BCUT2D eigenvalue weighted by Gasteiger charge is 2.26. The topological polar surface area (TPSA) is 61.8 Å². The van der Waals surface area contributed by atoms with Gasteiger partial charge in [0.05, 0.1) is 29.4 Å². The number of ether oxygens (including phenoxy) is 1. The number of β-amino-alcohol motifs (C(OH)–C–C–N with tert-alkyl or cyclic N) is 1. The largest absolute Gasteiger partial charge is 0.387 e. The van der Waals surface area contributed by atoms with Crippen LogP contribution in [0.25, 0.3) is 0 Å². The molecule has 1 unspecified atom stereocenters. The van der Waals surface area contributed by atoms with Crippen molar-refractivity contribution in [1.29, 1.82) is 0 Å². The molecule has 1 aliphatic heterocycles. The molecule has 128 valence electrons. The van der Waals surface area contributed by atoms with Gasteiger partial charge in [-0.15, -0.1) is 0 Å². The molecule has 6 heteroatoms. The number of carbonyl (C=O) groups excluding carboxylic acids is 1. The Hall–Kier alpha value is -1.14. The van der Waals surface area contributed by atoms with Crippen molar-refractivity contribution < 1.29 is 14.6 Å². The van der Waals surface area contributed by atoms with Crippen molar-refractivity contribution in [2.45, 2.75) is 26.4 Å². The van der Waals surface area contributed by atoms with E-state index in [2.05, 4.69) is 10.2 Å². The monoisotopic (exact) mass is 340 g/mol. The summed E-state index contributed by atoms with van der Waals surface area (Å²) >= 11 is 6.16. The van der Waals surface area contributed by atoms with Crippen LogP contribution in [0.3, 0.4) is 0 Å². The summed E-state index contributed by atoms with van der Waals surface area (Å²) in [4.78, 5) is 14.5. The van der Waals surface area contributed by atoms with Gasteiger partial charge in [-0.1, -0.05) is 11.6 Å². The van der Waals surface area contributed by atoms with Gasteiger partial charge in [0, 0.05) is 26.2 Å². The highest BCUT2D eigenvalue weighted by atomic mass is 35.5. The number of carbonyl (C=O) groups is 1. The molecule has 0 aromatic heterocycles. The summed E-state index contributed by atoms with van der Waals surface area (Å²) in [5, 5.41) is 13.7. The molecule has 1 saturated heterocycles. The number of aliphatic hydroxyl groups is 1. The van der Waals surface area contributed by atoms with Crippen molar-refractivity contribution in [3.8, 4) is 0 Å². The van der Waals surface area contributed by atoms with Crippen molar-refractivity contribution in [2.75, 3.05) is 39.4 Å². The summed E-state index contributed by atoms with van der Waals surface area (Å²) < 4.78 is 5.30. The van der Waals surface area contributed by atoms with E-state index in [4.69, 9.17) is 16.3 Å². The molecule has 1 fully saturated rings. The fourth-order valence-electron chi connectivity index (χ4n) is 2.62. The van der Waals surface area contributed by atoms with E-state index in [0.717, 1.165) is 24.2 Å². The maximum atomic E-state index is 12.3. The van der Waals surface area contributed by atoms with Crippen molar-refractivity contribution in [3.05, 3.63) is 33.8 Å². The van der Waals surface area contributed by atoms with Crippen LogP contribution >= 0.6 is 11.6 Å². The van der Waals surface area contributed by atoms with E-state index in [-0.39, 0.29) is 12.5 Å². The van der Waals surface area contributed by atoms with Gasteiger partial charge in [-0.05, 0) is 44.0 Å². The first-order valence-electron chi connectivity index (χ1n) is 7.86. The van der Waals surface area contributed by atoms with Crippen LogP contribution in [-0.4, -0.2) is 60.9 Å². The van der Waals surface area contributed by atoms with E-state index < -0.39 is 5.60 Å². The summed E-state index contributed by atoms with van der Waals surface area (Å²) in [5.74, 6) is -0.264. The first-order valence-corrected chi connectivity index (χ1v) is 8.24. The van der Waals surface area contributed by atoms with E-state index >= 15 is 0 Å². The van der Waals surface area contributed by atoms with Crippen molar-refractivity contribution in [2.24, 2.45) is 0 Å². The molecule has 1 aromatic carbocycles. The molecule has 1 amide bonds. The Kier molecular flexibility index (Phi) is 6.03. The number of benzene rings is 1. The number of hydrogen-bond acceptors (Lipinski definition) is 4. The fourth-order valence-corrected chi connectivity index (χ4v) is 2.92. The Labute approximate surface area is 142 Å². The average molecular weight is 341 g/mol. The molecule has 1 aromatic rings. The summed E-state index contributed by atoms with van der Waals surface area (Å²) in [5.41, 5.74) is 1.50. The zero-order valence-corrected chi connectivity index (χ0v) is 14.7. The second kappa shape index (κ2) is 7.62. The van der Waals surface area contributed by atoms with E-state index in [1.54, 1.807) is 19.1 Å². The molecule has 0 bridgehead atoms. The third-order valence-electron chi connectivity index (χ3n) is 4.13. The third-order valence-corrected chi connectivity index (χ3v) is 4.44. The van der Waals surface area contributed by atoms with E-state index in [0.29, 0.717) is 30.3 Å². The molecule has 2 N–H and O–H groups in total. The Morgan fingerprint density at radius 2 is 1.96 bits per heavy atom. The van der Waals surface area contributed by atoms with Crippen LogP contribution in [0.4, 0.5) is 0 Å². The normalized spacial score (nSPS) is 18.5. The van der Waals surface area contributed by atoms with Gasteiger partial charge >= 0.3 is 0 Å². The first-order chi connectivity index (χ1) is 10.8. The van der Waals surface area contributed by atoms with Crippen LogP contribution in [0.15, 0.2) is 12.1 Å². The smallest absolute Gasteiger partial charge is 0.252 e. The molecule has 0 radical (unpaired) electrons. The molecule has 1 atom stereocenters. The first kappa shape index (κ1) is 18.2. The molecule has 23 heavy (non-hydrogen) atoms.